The van der Waals surface area contributed by atoms with E-state index >= 15 is 0 Å². The monoisotopic (exact) mass is 512 g/mol. The standard InChI is InChI=1S/C29H21ClN2O3S/c1-18-8-13-23(16-19(18)2)32-28(34)25(27(33)31(29(32)36)22-6-4-3-5-7-22)17-24-14-15-26(35-24)20-9-11-21(30)12-10-20/h3-17H,1-2H3/b25-17-. The predicted octanol–water partition coefficient (Wildman–Crippen LogP) is 6.97. The lowest BCUT2D eigenvalue weighted by atomic mass is 10.1. The summed E-state index contributed by atoms with van der Waals surface area (Å²) in [5, 5.41) is 0.715. The summed E-state index contributed by atoms with van der Waals surface area (Å²) in [5.41, 5.74) is 4.04. The number of hydrogen-bond donors (Lipinski definition) is 0. The van der Waals surface area contributed by atoms with Crippen LogP contribution in [0.3, 0.4) is 0 Å². The Morgan fingerprint density at radius 3 is 2.11 bits per heavy atom. The highest BCUT2D eigenvalue weighted by Crippen LogP contribution is 2.32. The third kappa shape index (κ3) is 4.37. The molecule has 1 aliphatic rings. The van der Waals surface area contributed by atoms with E-state index in [-0.39, 0.29) is 10.7 Å². The summed E-state index contributed by atoms with van der Waals surface area (Å²) in [5.74, 6) is -0.0567. The first-order valence-electron chi connectivity index (χ1n) is 11.3. The fourth-order valence-electron chi connectivity index (χ4n) is 3.97. The molecule has 0 aliphatic carbocycles. The zero-order valence-corrected chi connectivity index (χ0v) is 21.1. The maximum atomic E-state index is 13.7. The Hall–Kier alpha value is -4.00. The molecule has 0 saturated carbocycles. The SMILES string of the molecule is Cc1ccc(N2C(=O)/C(=C\c3ccc(-c4ccc(Cl)cc4)o3)C(=O)N(c3ccccc3)C2=S)cc1C. The van der Waals surface area contributed by atoms with Crippen molar-refractivity contribution in [1.29, 1.82) is 0 Å². The first kappa shape index (κ1) is 23.7. The van der Waals surface area contributed by atoms with Gasteiger partial charge in [0.25, 0.3) is 11.8 Å². The van der Waals surface area contributed by atoms with Crippen molar-refractivity contribution >= 4 is 58.2 Å². The number of halogens is 1. The Morgan fingerprint density at radius 2 is 1.44 bits per heavy atom. The number of carbonyl (C=O) groups excluding carboxylic acids is 2. The quantitative estimate of drug-likeness (QED) is 0.168. The molecule has 5 nitrogen and oxygen atoms in total. The van der Waals surface area contributed by atoms with Crippen molar-refractivity contribution in [1.82, 2.24) is 0 Å². The minimum atomic E-state index is -0.513. The van der Waals surface area contributed by atoms with Crippen LogP contribution in [0.1, 0.15) is 16.9 Å². The molecule has 2 heterocycles. The molecule has 5 rings (SSSR count). The molecule has 0 unspecified atom stereocenters. The Bertz CT molecular complexity index is 1520. The van der Waals surface area contributed by atoms with E-state index in [2.05, 4.69) is 0 Å². The summed E-state index contributed by atoms with van der Waals surface area (Å²) in [7, 11) is 0. The van der Waals surface area contributed by atoms with Gasteiger partial charge in [-0.1, -0.05) is 35.9 Å². The van der Waals surface area contributed by atoms with Crippen molar-refractivity contribution in [3.05, 3.63) is 112 Å². The van der Waals surface area contributed by atoms with Crippen LogP contribution in [0.5, 0.6) is 0 Å². The van der Waals surface area contributed by atoms with E-state index in [9.17, 15) is 9.59 Å². The fraction of sp³-hybridized carbons (Fsp3) is 0.0690. The zero-order chi connectivity index (χ0) is 25.4. The maximum absolute atomic E-state index is 13.7. The molecule has 1 saturated heterocycles. The van der Waals surface area contributed by atoms with Gasteiger partial charge < -0.3 is 4.42 Å². The molecule has 7 heteroatoms. The second-order valence-electron chi connectivity index (χ2n) is 8.43. The van der Waals surface area contributed by atoms with Crippen molar-refractivity contribution in [2.24, 2.45) is 0 Å². The van der Waals surface area contributed by atoms with Gasteiger partial charge in [-0.2, -0.15) is 0 Å². The van der Waals surface area contributed by atoms with Crippen LogP contribution in [0.25, 0.3) is 17.4 Å². The molecule has 3 aromatic carbocycles. The molecule has 0 atom stereocenters. The first-order valence-corrected chi connectivity index (χ1v) is 12.0. The highest BCUT2D eigenvalue weighted by molar-refractivity contribution is 7.81. The molecule has 36 heavy (non-hydrogen) atoms. The van der Waals surface area contributed by atoms with Gasteiger partial charge >= 0.3 is 0 Å². The Balaban J connectivity index is 1.60. The molecule has 1 aromatic heterocycles. The lowest BCUT2D eigenvalue weighted by Gasteiger charge is -2.36. The van der Waals surface area contributed by atoms with Gasteiger partial charge in [-0.25, -0.2) is 0 Å². The normalized spacial score (nSPS) is 15.2. The van der Waals surface area contributed by atoms with E-state index in [0.29, 0.717) is 27.9 Å². The lowest BCUT2D eigenvalue weighted by molar-refractivity contribution is -0.120. The van der Waals surface area contributed by atoms with Crippen LogP contribution in [0.4, 0.5) is 11.4 Å². The number of nitrogens with zero attached hydrogens (tertiary/aromatic N) is 2. The van der Waals surface area contributed by atoms with Crippen LogP contribution in [-0.4, -0.2) is 16.9 Å². The highest BCUT2D eigenvalue weighted by atomic mass is 35.5. The van der Waals surface area contributed by atoms with E-state index in [1.54, 1.807) is 36.4 Å². The van der Waals surface area contributed by atoms with Crippen LogP contribution >= 0.6 is 23.8 Å². The molecule has 0 spiro atoms. The van der Waals surface area contributed by atoms with E-state index in [0.717, 1.165) is 16.7 Å². The molecule has 1 aliphatic heterocycles. The number of hydrogen-bond acceptors (Lipinski definition) is 4. The van der Waals surface area contributed by atoms with Crippen LogP contribution in [0, 0.1) is 13.8 Å². The summed E-state index contributed by atoms with van der Waals surface area (Å²) in [6, 6.07) is 25.4. The molecule has 0 radical (unpaired) electrons. The molecular weight excluding hydrogens is 492 g/mol. The predicted molar refractivity (Wildman–Crippen MR) is 147 cm³/mol. The molecule has 0 bridgehead atoms. The second kappa shape index (κ2) is 9.57. The van der Waals surface area contributed by atoms with Gasteiger partial charge in [-0.05, 0) is 104 Å². The summed E-state index contributed by atoms with van der Waals surface area (Å²) < 4.78 is 5.96. The van der Waals surface area contributed by atoms with Gasteiger partial charge in [0.15, 0.2) is 5.11 Å². The average Bonchev–Trinajstić information content (AvgIpc) is 3.34. The number of anilines is 2. The zero-order valence-electron chi connectivity index (χ0n) is 19.6. The Labute approximate surface area is 219 Å². The van der Waals surface area contributed by atoms with Crippen molar-refractivity contribution in [3.63, 3.8) is 0 Å². The summed E-state index contributed by atoms with van der Waals surface area (Å²) in [6.45, 7) is 3.96. The number of aryl methyl sites for hydroxylation is 2. The fourth-order valence-corrected chi connectivity index (χ4v) is 4.47. The van der Waals surface area contributed by atoms with Crippen LogP contribution in [-0.2, 0) is 9.59 Å². The maximum Gasteiger partial charge on any atom is 0.270 e. The molecule has 0 N–H and O–H groups in total. The third-order valence-corrected chi connectivity index (χ3v) is 6.67. The number of benzene rings is 3. The number of carbonyl (C=O) groups is 2. The van der Waals surface area contributed by atoms with Crippen LogP contribution < -0.4 is 9.80 Å². The summed E-state index contributed by atoms with van der Waals surface area (Å²) in [4.78, 5) is 30.1. The van der Waals surface area contributed by atoms with Crippen molar-refractivity contribution in [2.45, 2.75) is 13.8 Å². The van der Waals surface area contributed by atoms with Gasteiger partial charge in [-0.15, -0.1) is 0 Å². The van der Waals surface area contributed by atoms with Gasteiger partial charge in [0.2, 0.25) is 0 Å². The number of rotatable bonds is 4. The minimum absolute atomic E-state index is 0.0531. The highest BCUT2D eigenvalue weighted by Gasteiger charge is 2.41. The Kier molecular flexibility index (Phi) is 6.31. The minimum Gasteiger partial charge on any atom is -0.457 e. The first-order chi connectivity index (χ1) is 17.3. The van der Waals surface area contributed by atoms with Gasteiger partial charge in [0.1, 0.15) is 17.1 Å². The molecule has 1 fully saturated rings. The topological polar surface area (TPSA) is 53.8 Å². The number of thiocarbonyl (C=S) groups is 1. The third-order valence-electron chi connectivity index (χ3n) is 6.05. The van der Waals surface area contributed by atoms with E-state index in [1.165, 1.54) is 15.9 Å². The average molecular weight is 513 g/mol. The van der Waals surface area contributed by atoms with Crippen molar-refractivity contribution in [2.75, 3.05) is 9.80 Å². The molecule has 4 aromatic rings. The van der Waals surface area contributed by atoms with E-state index < -0.39 is 11.8 Å². The van der Waals surface area contributed by atoms with Gasteiger partial charge in [0, 0.05) is 10.6 Å². The number of furan rings is 1. The summed E-state index contributed by atoms with van der Waals surface area (Å²) >= 11 is 11.7. The Morgan fingerprint density at radius 1 is 0.778 bits per heavy atom. The van der Waals surface area contributed by atoms with E-state index in [4.69, 9.17) is 28.2 Å². The second-order valence-corrected chi connectivity index (χ2v) is 9.24. The van der Waals surface area contributed by atoms with Crippen LogP contribution in [0.15, 0.2) is 94.9 Å². The van der Waals surface area contributed by atoms with E-state index in [1.807, 2.05) is 62.4 Å². The van der Waals surface area contributed by atoms with Crippen LogP contribution in [0.2, 0.25) is 5.02 Å². The smallest absolute Gasteiger partial charge is 0.270 e. The van der Waals surface area contributed by atoms with Crippen molar-refractivity contribution in [3.8, 4) is 11.3 Å². The summed E-state index contributed by atoms with van der Waals surface area (Å²) in [6.07, 6.45) is 1.47. The molecule has 178 valence electrons. The number of para-hydroxylation sites is 1. The molecular formula is C29H21ClN2O3S. The number of amides is 2. The van der Waals surface area contributed by atoms with Gasteiger partial charge in [0.05, 0.1) is 11.4 Å². The largest absolute Gasteiger partial charge is 0.457 e. The van der Waals surface area contributed by atoms with Gasteiger partial charge in [-0.3, -0.25) is 19.4 Å². The molecule has 2 amide bonds. The lowest BCUT2D eigenvalue weighted by Crippen LogP contribution is -2.57. The van der Waals surface area contributed by atoms with Crippen molar-refractivity contribution < 1.29 is 14.0 Å².